The number of nitrogens with two attached hydrogens (primary N) is 1. The van der Waals surface area contributed by atoms with Gasteiger partial charge >= 0.3 is 0 Å². The van der Waals surface area contributed by atoms with Gasteiger partial charge in [0.15, 0.2) is 0 Å². The van der Waals surface area contributed by atoms with Gasteiger partial charge in [0.1, 0.15) is 0 Å². The van der Waals surface area contributed by atoms with E-state index < -0.39 is 6.04 Å². The molecule has 0 aliphatic heterocycles. The van der Waals surface area contributed by atoms with Crippen LogP contribution in [0.25, 0.3) is 0 Å². The molecule has 1 aromatic carbocycles. The van der Waals surface area contributed by atoms with Crippen LogP contribution in [0.15, 0.2) is 30.3 Å². The summed E-state index contributed by atoms with van der Waals surface area (Å²) in [5.41, 5.74) is 6.92. The Morgan fingerprint density at radius 1 is 1.39 bits per heavy atom. The van der Waals surface area contributed by atoms with Crippen LogP contribution in [0.2, 0.25) is 0 Å². The number of ether oxygens (including phenoxy) is 1. The van der Waals surface area contributed by atoms with Crippen LogP contribution >= 0.6 is 0 Å². The molecule has 1 aromatic rings. The number of nitrogens with one attached hydrogen (secondary N) is 1. The summed E-state index contributed by atoms with van der Waals surface area (Å²) in [4.78, 5) is 11.8. The molecule has 100 valence electrons. The minimum Gasteiger partial charge on any atom is -0.377 e. The maximum absolute atomic E-state index is 11.8. The summed E-state index contributed by atoms with van der Waals surface area (Å²) >= 11 is 0. The van der Waals surface area contributed by atoms with Gasteiger partial charge in [-0.25, -0.2) is 0 Å². The van der Waals surface area contributed by atoms with E-state index in [4.69, 9.17) is 10.5 Å². The highest BCUT2D eigenvalue weighted by Crippen LogP contribution is 2.01. The van der Waals surface area contributed by atoms with E-state index in [0.29, 0.717) is 19.6 Å². The molecule has 0 aliphatic rings. The Bertz CT molecular complexity index is 354. The highest BCUT2D eigenvalue weighted by atomic mass is 16.5. The Balaban J connectivity index is 2.33. The molecule has 0 radical (unpaired) electrons. The minimum absolute atomic E-state index is 0.0166. The zero-order valence-corrected chi connectivity index (χ0v) is 11.1. The highest BCUT2D eigenvalue weighted by Gasteiger charge is 2.14. The van der Waals surface area contributed by atoms with E-state index in [-0.39, 0.29) is 12.0 Å². The third kappa shape index (κ3) is 5.29. The molecule has 4 nitrogen and oxygen atoms in total. The summed E-state index contributed by atoms with van der Waals surface area (Å²) in [7, 11) is 0. The lowest BCUT2D eigenvalue weighted by atomic mass is 10.1. The zero-order chi connectivity index (χ0) is 13.4. The van der Waals surface area contributed by atoms with Gasteiger partial charge in [-0.05, 0) is 25.8 Å². The number of amides is 1. The van der Waals surface area contributed by atoms with Gasteiger partial charge in [0.2, 0.25) is 5.91 Å². The van der Waals surface area contributed by atoms with Gasteiger partial charge < -0.3 is 15.8 Å². The Morgan fingerprint density at radius 3 is 2.67 bits per heavy atom. The molecule has 0 saturated carbocycles. The molecule has 2 unspecified atom stereocenters. The second-order valence-electron chi connectivity index (χ2n) is 4.31. The first kappa shape index (κ1) is 14.7. The number of rotatable bonds is 7. The number of benzene rings is 1. The average Bonchev–Trinajstić information content (AvgIpc) is 2.37. The topological polar surface area (TPSA) is 64.3 Å². The second kappa shape index (κ2) is 7.84. The number of carbonyl (C=O) groups is 1. The largest absolute Gasteiger partial charge is 0.377 e. The van der Waals surface area contributed by atoms with Crippen molar-refractivity contribution < 1.29 is 9.53 Å². The van der Waals surface area contributed by atoms with Gasteiger partial charge in [0.25, 0.3) is 0 Å². The van der Waals surface area contributed by atoms with Crippen LogP contribution in [-0.4, -0.2) is 31.2 Å². The standard InChI is InChI=1S/C14H22N2O2/c1-3-18-11(2)10-16-14(17)13(15)9-12-7-5-4-6-8-12/h4-8,11,13H,3,9-10,15H2,1-2H3,(H,16,17). The van der Waals surface area contributed by atoms with Crippen molar-refractivity contribution in [2.24, 2.45) is 5.73 Å². The van der Waals surface area contributed by atoms with E-state index in [9.17, 15) is 4.79 Å². The normalized spacial score (nSPS) is 13.9. The lowest BCUT2D eigenvalue weighted by Crippen LogP contribution is -2.44. The van der Waals surface area contributed by atoms with Crippen LogP contribution in [-0.2, 0) is 16.0 Å². The Hall–Kier alpha value is -1.39. The maximum Gasteiger partial charge on any atom is 0.237 e. The predicted molar refractivity (Wildman–Crippen MR) is 72.2 cm³/mol. The molecular weight excluding hydrogens is 228 g/mol. The second-order valence-corrected chi connectivity index (χ2v) is 4.31. The fourth-order valence-corrected chi connectivity index (χ4v) is 1.68. The lowest BCUT2D eigenvalue weighted by molar-refractivity contribution is -0.122. The summed E-state index contributed by atoms with van der Waals surface area (Å²) in [6, 6.07) is 9.25. The first-order valence-electron chi connectivity index (χ1n) is 6.32. The molecule has 0 fully saturated rings. The Kier molecular flexibility index (Phi) is 6.39. The van der Waals surface area contributed by atoms with E-state index in [2.05, 4.69) is 5.32 Å². The van der Waals surface area contributed by atoms with E-state index >= 15 is 0 Å². The lowest BCUT2D eigenvalue weighted by Gasteiger charge is -2.15. The molecule has 2 atom stereocenters. The van der Waals surface area contributed by atoms with E-state index in [0.717, 1.165) is 5.56 Å². The fraction of sp³-hybridized carbons (Fsp3) is 0.500. The van der Waals surface area contributed by atoms with Gasteiger partial charge in [-0.2, -0.15) is 0 Å². The van der Waals surface area contributed by atoms with E-state index in [1.807, 2.05) is 44.2 Å². The highest BCUT2D eigenvalue weighted by molar-refractivity contribution is 5.81. The summed E-state index contributed by atoms with van der Waals surface area (Å²) in [5, 5.41) is 2.80. The van der Waals surface area contributed by atoms with E-state index in [1.54, 1.807) is 0 Å². The van der Waals surface area contributed by atoms with Crippen LogP contribution in [0.5, 0.6) is 0 Å². The van der Waals surface area contributed by atoms with Gasteiger partial charge in [0, 0.05) is 13.2 Å². The maximum atomic E-state index is 11.8. The summed E-state index contributed by atoms with van der Waals surface area (Å²) in [5.74, 6) is -0.134. The van der Waals surface area contributed by atoms with Crippen LogP contribution in [0.1, 0.15) is 19.4 Å². The third-order valence-corrected chi connectivity index (χ3v) is 2.65. The molecule has 1 rings (SSSR count). The summed E-state index contributed by atoms with van der Waals surface area (Å²) < 4.78 is 5.33. The Morgan fingerprint density at radius 2 is 2.06 bits per heavy atom. The third-order valence-electron chi connectivity index (χ3n) is 2.65. The van der Waals surface area contributed by atoms with Gasteiger partial charge in [-0.3, -0.25) is 4.79 Å². The number of carbonyl (C=O) groups excluding carboxylic acids is 1. The van der Waals surface area contributed by atoms with E-state index in [1.165, 1.54) is 0 Å². The quantitative estimate of drug-likeness (QED) is 0.761. The van der Waals surface area contributed by atoms with Crippen LogP contribution in [0.3, 0.4) is 0 Å². The van der Waals surface area contributed by atoms with Gasteiger partial charge in [-0.15, -0.1) is 0 Å². The molecular formula is C14H22N2O2. The molecule has 0 aliphatic carbocycles. The SMILES string of the molecule is CCOC(C)CNC(=O)C(N)Cc1ccccc1. The first-order valence-corrected chi connectivity index (χ1v) is 6.32. The fourth-order valence-electron chi connectivity index (χ4n) is 1.68. The van der Waals surface area contributed by atoms with Crippen molar-refractivity contribution in [2.45, 2.75) is 32.4 Å². The van der Waals surface area contributed by atoms with Crippen molar-refractivity contribution in [2.75, 3.05) is 13.2 Å². The minimum atomic E-state index is -0.513. The van der Waals surface area contributed by atoms with Gasteiger partial charge in [-0.1, -0.05) is 30.3 Å². The molecule has 3 N–H and O–H groups in total. The predicted octanol–water partition coefficient (Wildman–Crippen LogP) is 1.10. The van der Waals surface area contributed by atoms with Crippen molar-refractivity contribution in [3.8, 4) is 0 Å². The molecule has 4 heteroatoms. The zero-order valence-electron chi connectivity index (χ0n) is 11.1. The van der Waals surface area contributed by atoms with Crippen molar-refractivity contribution in [3.63, 3.8) is 0 Å². The van der Waals surface area contributed by atoms with Gasteiger partial charge in [0.05, 0.1) is 12.1 Å². The van der Waals surface area contributed by atoms with Crippen molar-refractivity contribution >= 4 is 5.91 Å². The van der Waals surface area contributed by atoms with Crippen molar-refractivity contribution in [3.05, 3.63) is 35.9 Å². The van der Waals surface area contributed by atoms with Crippen molar-refractivity contribution in [1.82, 2.24) is 5.32 Å². The van der Waals surface area contributed by atoms with Crippen molar-refractivity contribution in [1.29, 1.82) is 0 Å². The molecule has 0 bridgehead atoms. The summed E-state index contributed by atoms with van der Waals surface area (Å²) in [6.45, 7) is 4.99. The molecule has 1 amide bonds. The monoisotopic (exact) mass is 250 g/mol. The first-order chi connectivity index (χ1) is 8.63. The molecule has 0 spiro atoms. The Labute approximate surface area is 109 Å². The molecule has 0 saturated heterocycles. The summed E-state index contributed by atoms with van der Waals surface area (Å²) in [6.07, 6.45) is 0.568. The van der Waals surface area contributed by atoms with Crippen LogP contribution < -0.4 is 11.1 Å². The average molecular weight is 250 g/mol. The molecule has 0 heterocycles. The molecule has 18 heavy (non-hydrogen) atoms. The number of hydrogen-bond acceptors (Lipinski definition) is 3. The van der Waals surface area contributed by atoms with Crippen LogP contribution in [0.4, 0.5) is 0 Å². The van der Waals surface area contributed by atoms with Crippen LogP contribution in [0, 0.1) is 0 Å². The number of hydrogen-bond donors (Lipinski definition) is 2. The molecule has 0 aromatic heterocycles. The smallest absolute Gasteiger partial charge is 0.237 e.